The van der Waals surface area contributed by atoms with Crippen LogP contribution in [0.5, 0.6) is 5.75 Å². The third-order valence-electron chi connectivity index (χ3n) is 7.65. The van der Waals surface area contributed by atoms with Crippen LogP contribution in [0.3, 0.4) is 0 Å². The summed E-state index contributed by atoms with van der Waals surface area (Å²) < 4.78 is 20.9. The zero-order valence-corrected chi connectivity index (χ0v) is 24.5. The molecule has 5 rings (SSSR count). The number of hydrogen-bond acceptors (Lipinski definition) is 4. The molecule has 3 aromatic carbocycles. The Labute approximate surface area is 250 Å². The molecule has 0 bridgehead atoms. The van der Waals surface area contributed by atoms with Gasteiger partial charge in [-0.1, -0.05) is 53.0 Å². The van der Waals surface area contributed by atoms with Gasteiger partial charge in [0.1, 0.15) is 6.10 Å². The van der Waals surface area contributed by atoms with Crippen LogP contribution in [0.1, 0.15) is 47.2 Å². The van der Waals surface area contributed by atoms with Gasteiger partial charge >= 0.3 is 0 Å². The summed E-state index contributed by atoms with van der Waals surface area (Å²) in [6.07, 6.45) is 3.22. The van der Waals surface area contributed by atoms with E-state index in [9.17, 15) is 9.18 Å². The Morgan fingerprint density at radius 2 is 1.43 bits per heavy atom. The van der Waals surface area contributed by atoms with E-state index in [0.717, 1.165) is 75.5 Å². The molecule has 0 spiro atoms. The van der Waals surface area contributed by atoms with Crippen molar-refractivity contribution in [1.82, 2.24) is 15.1 Å². The molecule has 2 saturated heterocycles. The first-order chi connectivity index (χ1) is 19.3. The molecule has 3 aromatic rings. The van der Waals surface area contributed by atoms with E-state index in [1.165, 1.54) is 11.6 Å². The van der Waals surface area contributed by atoms with Crippen LogP contribution >= 0.6 is 34.8 Å². The van der Waals surface area contributed by atoms with Crippen molar-refractivity contribution >= 4 is 40.7 Å². The summed E-state index contributed by atoms with van der Waals surface area (Å²) in [4.78, 5) is 17.5. The first kappa shape index (κ1) is 29.2. The Kier molecular flexibility index (Phi) is 9.87. The number of ether oxygens (including phenoxy) is 1. The highest BCUT2D eigenvalue weighted by molar-refractivity contribution is 6.42. The van der Waals surface area contributed by atoms with E-state index in [0.29, 0.717) is 15.6 Å². The monoisotopic (exact) mass is 603 g/mol. The smallest absolute Gasteiger partial charge is 0.251 e. The SMILES string of the molecule is O=C(NC1CCN(Cc2ccc(Cl)cc2)CC1)c1ccc(OC2CCN(Cc3ccc(Cl)c(Cl)c3)CC2)c(F)c1. The molecule has 2 fully saturated rings. The van der Waals surface area contributed by atoms with Gasteiger partial charge in [-0.2, -0.15) is 0 Å². The molecule has 0 radical (unpaired) electrons. The van der Waals surface area contributed by atoms with Gasteiger partial charge in [-0.3, -0.25) is 14.6 Å². The minimum Gasteiger partial charge on any atom is -0.487 e. The molecular formula is C31H33Cl3FN3O2. The van der Waals surface area contributed by atoms with Gasteiger partial charge in [-0.25, -0.2) is 4.39 Å². The van der Waals surface area contributed by atoms with E-state index < -0.39 is 5.82 Å². The second kappa shape index (κ2) is 13.5. The van der Waals surface area contributed by atoms with Crippen molar-refractivity contribution in [3.8, 4) is 5.75 Å². The van der Waals surface area contributed by atoms with Crippen molar-refractivity contribution in [1.29, 1.82) is 0 Å². The van der Waals surface area contributed by atoms with Crippen molar-refractivity contribution in [2.45, 2.75) is 50.9 Å². The molecule has 1 N–H and O–H groups in total. The van der Waals surface area contributed by atoms with Crippen LogP contribution in [0.15, 0.2) is 60.7 Å². The first-order valence-corrected chi connectivity index (χ1v) is 14.9. The number of rotatable bonds is 8. The highest BCUT2D eigenvalue weighted by atomic mass is 35.5. The molecule has 2 aliphatic heterocycles. The molecule has 0 unspecified atom stereocenters. The van der Waals surface area contributed by atoms with Gasteiger partial charge in [0.2, 0.25) is 0 Å². The molecule has 40 heavy (non-hydrogen) atoms. The molecular weight excluding hydrogens is 572 g/mol. The van der Waals surface area contributed by atoms with E-state index in [1.807, 2.05) is 42.5 Å². The molecule has 0 aromatic heterocycles. The van der Waals surface area contributed by atoms with Crippen LogP contribution in [0.2, 0.25) is 15.1 Å². The Morgan fingerprint density at radius 3 is 2.08 bits per heavy atom. The number of piperidine rings is 2. The fraction of sp³-hybridized carbons (Fsp3) is 0.387. The lowest BCUT2D eigenvalue weighted by Crippen LogP contribution is -2.44. The minimum atomic E-state index is -0.510. The third kappa shape index (κ3) is 7.89. The topological polar surface area (TPSA) is 44.8 Å². The van der Waals surface area contributed by atoms with Crippen molar-refractivity contribution in [2.24, 2.45) is 0 Å². The predicted octanol–water partition coefficient (Wildman–Crippen LogP) is 7.22. The van der Waals surface area contributed by atoms with E-state index in [2.05, 4.69) is 15.1 Å². The zero-order chi connectivity index (χ0) is 28.1. The normalized spacial score (nSPS) is 17.6. The summed E-state index contributed by atoms with van der Waals surface area (Å²) >= 11 is 18.1. The number of likely N-dealkylation sites (tertiary alicyclic amines) is 2. The molecule has 2 aliphatic rings. The second-order valence-corrected chi connectivity index (χ2v) is 11.9. The molecule has 0 aliphatic carbocycles. The quantitative estimate of drug-likeness (QED) is 0.295. The maximum atomic E-state index is 14.9. The van der Waals surface area contributed by atoms with Crippen molar-refractivity contribution in [3.63, 3.8) is 0 Å². The average Bonchev–Trinajstić information content (AvgIpc) is 2.95. The maximum Gasteiger partial charge on any atom is 0.251 e. The van der Waals surface area contributed by atoms with Gasteiger partial charge in [0.25, 0.3) is 5.91 Å². The van der Waals surface area contributed by atoms with Gasteiger partial charge in [0.15, 0.2) is 11.6 Å². The summed E-state index contributed by atoms with van der Waals surface area (Å²) in [6, 6.07) is 18.1. The van der Waals surface area contributed by atoms with Crippen LogP contribution in [-0.4, -0.2) is 54.0 Å². The summed E-state index contributed by atoms with van der Waals surface area (Å²) in [7, 11) is 0. The lowest BCUT2D eigenvalue weighted by molar-refractivity contribution is 0.0904. The second-order valence-electron chi connectivity index (χ2n) is 10.6. The highest BCUT2D eigenvalue weighted by Crippen LogP contribution is 2.26. The summed E-state index contributed by atoms with van der Waals surface area (Å²) in [5.41, 5.74) is 2.64. The summed E-state index contributed by atoms with van der Waals surface area (Å²) in [5, 5.41) is 4.92. The molecule has 0 saturated carbocycles. The van der Waals surface area contributed by atoms with E-state index in [-0.39, 0.29) is 23.8 Å². The predicted molar refractivity (Wildman–Crippen MR) is 159 cm³/mol. The number of benzene rings is 3. The lowest BCUT2D eigenvalue weighted by atomic mass is 10.0. The third-order valence-corrected chi connectivity index (χ3v) is 8.65. The van der Waals surface area contributed by atoms with Gasteiger partial charge in [0, 0.05) is 55.9 Å². The lowest BCUT2D eigenvalue weighted by Gasteiger charge is -2.32. The van der Waals surface area contributed by atoms with Crippen molar-refractivity contribution in [2.75, 3.05) is 26.2 Å². The van der Waals surface area contributed by atoms with Crippen LogP contribution in [0, 0.1) is 5.82 Å². The number of nitrogens with zero attached hydrogens (tertiary/aromatic N) is 2. The Balaban J connectivity index is 1.06. The molecule has 5 nitrogen and oxygen atoms in total. The molecule has 9 heteroatoms. The Morgan fingerprint density at radius 1 is 0.800 bits per heavy atom. The number of amides is 1. The molecule has 2 heterocycles. The van der Waals surface area contributed by atoms with Gasteiger partial charge in [-0.15, -0.1) is 0 Å². The van der Waals surface area contributed by atoms with Crippen LogP contribution in [-0.2, 0) is 13.1 Å². The number of nitrogens with one attached hydrogen (secondary N) is 1. The van der Waals surface area contributed by atoms with Crippen molar-refractivity contribution < 1.29 is 13.9 Å². The fourth-order valence-corrected chi connectivity index (χ4v) is 5.80. The zero-order valence-electron chi connectivity index (χ0n) is 22.2. The molecule has 212 valence electrons. The van der Waals surface area contributed by atoms with Gasteiger partial charge in [0.05, 0.1) is 10.0 Å². The fourth-order valence-electron chi connectivity index (χ4n) is 5.35. The largest absolute Gasteiger partial charge is 0.487 e. The number of hydrogen-bond donors (Lipinski definition) is 1. The van der Waals surface area contributed by atoms with Crippen LogP contribution in [0.25, 0.3) is 0 Å². The van der Waals surface area contributed by atoms with Crippen LogP contribution in [0.4, 0.5) is 4.39 Å². The number of carbonyl (C=O) groups is 1. The Bertz CT molecular complexity index is 1310. The van der Waals surface area contributed by atoms with E-state index in [1.54, 1.807) is 12.1 Å². The van der Waals surface area contributed by atoms with Gasteiger partial charge < -0.3 is 10.1 Å². The molecule has 0 atom stereocenters. The highest BCUT2D eigenvalue weighted by Gasteiger charge is 2.24. The first-order valence-electron chi connectivity index (χ1n) is 13.7. The number of halogens is 4. The summed E-state index contributed by atoms with van der Waals surface area (Å²) in [6.45, 7) is 5.10. The summed E-state index contributed by atoms with van der Waals surface area (Å²) in [5.74, 6) is -0.573. The minimum absolute atomic E-state index is 0.0713. The Hall–Kier alpha value is -2.35. The average molecular weight is 605 g/mol. The van der Waals surface area contributed by atoms with Gasteiger partial charge in [-0.05, 0) is 79.3 Å². The maximum absolute atomic E-state index is 14.9. The van der Waals surface area contributed by atoms with E-state index >= 15 is 0 Å². The molecule has 1 amide bonds. The van der Waals surface area contributed by atoms with Crippen molar-refractivity contribution in [3.05, 3.63) is 98.2 Å². The van der Waals surface area contributed by atoms with E-state index in [4.69, 9.17) is 39.5 Å². The van der Waals surface area contributed by atoms with Crippen LogP contribution < -0.4 is 10.1 Å². The number of carbonyl (C=O) groups excluding carboxylic acids is 1. The standard InChI is InChI=1S/C31H33Cl3FN3O2/c32-24-5-1-21(2-6-24)19-37-13-9-25(10-14-37)36-31(39)23-4-8-30(29(35)18-23)40-26-11-15-38(16-12-26)20-22-3-7-27(33)28(34)17-22/h1-8,17-18,25-26H,9-16,19-20H2,(H,36,39).